The van der Waals surface area contributed by atoms with E-state index < -0.39 is 10.2 Å². The van der Waals surface area contributed by atoms with Crippen LogP contribution in [-0.2, 0) is 19.7 Å². The molecule has 0 aromatic carbocycles. The Hall–Kier alpha value is -0.700. The Labute approximate surface area is 113 Å². The van der Waals surface area contributed by atoms with Gasteiger partial charge >= 0.3 is 5.97 Å². The SMILES string of the molecule is COC(=O)C1CCN(S(=O)(=O)N[C@@H]2CCNC2)CC1. The maximum atomic E-state index is 12.2. The second-order valence-electron chi connectivity index (χ2n) is 5.01. The van der Waals surface area contributed by atoms with E-state index in [-0.39, 0.29) is 17.9 Å². The van der Waals surface area contributed by atoms with Gasteiger partial charge in [0.25, 0.3) is 10.2 Å². The van der Waals surface area contributed by atoms with Crippen LogP contribution in [0, 0.1) is 5.92 Å². The highest BCUT2D eigenvalue weighted by atomic mass is 32.2. The molecule has 0 spiro atoms. The van der Waals surface area contributed by atoms with Gasteiger partial charge in [0.2, 0.25) is 0 Å². The van der Waals surface area contributed by atoms with Crippen molar-refractivity contribution in [3.8, 4) is 0 Å². The smallest absolute Gasteiger partial charge is 0.308 e. The van der Waals surface area contributed by atoms with Gasteiger partial charge in [-0.3, -0.25) is 4.79 Å². The molecule has 2 aliphatic heterocycles. The molecule has 2 saturated heterocycles. The largest absolute Gasteiger partial charge is 0.469 e. The first-order chi connectivity index (χ1) is 9.03. The standard InChI is InChI=1S/C11H21N3O4S/c1-18-11(15)9-3-6-14(7-4-9)19(16,17)13-10-2-5-12-8-10/h9-10,12-13H,2-8H2,1H3/t10-/m1/s1. The summed E-state index contributed by atoms with van der Waals surface area (Å²) in [6.45, 7) is 2.26. The summed E-state index contributed by atoms with van der Waals surface area (Å²) < 4.78 is 33.1. The number of rotatable bonds is 4. The number of hydrogen-bond acceptors (Lipinski definition) is 5. The van der Waals surface area contributed by atoms with Crippen LogP contribution in [0.4, 0.5) is 0 Å². The van der Waals surface area contributed by atoms with Crippen LogP contribution in [0.15, 0.2) is 0 Å². The molecule has 0 unspecified atom stereocenters. The van der Waals surface area contributed by atoms with Crippen molar-refractivity contribution in [1.29, 1.82) is 0 Å². The second-order valence-corrected chi connectivity index (χ2v) is 6.71. The molecule has 7 nitrogen and oxygen atoms in total. The van der Waals surface area contributed by atoms with Crippen molar-refractivity contribution in [3.05, 3.63) is 0 Å². The first-order valence-electron chi connectivity index (χ1n) is 6.59. The Morgan fingerprint density at radius 2 is 2.00 bits per heavy atom. The number of ether oxygens (including phenoxy) is 1. The van der Waals surface area contributed by atoms with Crippen LogP contribution >= 0.6 is 0 Å². The molecule has 0 radical (unpaired) electrons. The summed E-state index contributed by atoms with van der Waals surface area (Å²) in [5.41, 5.74) is 0. The number of methoxy groups -OCH3 is 1. The summed E-state index contributed by atoms with van der Waals surface area (Å²) in [6.07, 6.45) is 1.87. The lowest BCUT2D eigenvalue weighted by Gasteiger charge is -2.30. The molecule has 0 aromatic heterocycles. The monoisotopic (exact) mass is 291 g/mol. The maximum Gasteiger partial charge on any atom is 0.308 e. The van der Waals surface area contributed by atoms with Gasteiger partial charge < -0.3 is 10.1 Å². The minimum atomic E-state index is -3.43. The number of nitrogens with one attached hydrogen (secondary N) is 2. The van der Waals surface area contributed by atoms with E-state index in [0.717, 1.165) is 13.0 Å². The Morgan fingerprint density at radius 1 is 1.32 bits per heavy atom. The quantitative estimate of drug-likeness (QED) is 0.653. The molecule has 0 aromatic rings. The van der Waals surface area contributed by atoms with Gasteiger partial charge in [-0.05, 0) is 25.8 Å². The summed E-state index contributed by atoms with van der Waals surface area (Å²) in [5.74, 6) is -0.422. The first kappa shape index (κ1) is 14.7. The molecule has 2 N–H and O–H groups in total. The molecule has 8 heteroatoms. The summed E-state index contributed by atoms with van der Waals surface area (Å²) in [6, 6.07) is -0.0247. The predicted molar refractivity (Wildman–Crippen MR) is 69.6 cm³/mol. The summed E-state index contributed by atoms with van der Waals surface area (Å²) in [7, 11) is -2.07. The zero-order chi connectivity index (χ0) is 13.9. The predicted octanol–water partition coefficient (Wildman–Crippen LogP) is -0.932. The lowest BCUT2D eigenvalue weighted by Crippen LogP contribution is -2.49. The Bertz CT molecular complexity index is 412. The molecule has 0 amide bonds. The second kappa shape index (κ2) is 6.17. The normalized spacial score (nSPS) is 26.5. The average Bonchev–Trinajstić information content (AvgIpc) is 2.90. The van der Waals surface area contributed by atoms with E-state index in [2.05, 4.69) is 14.8 Å². The van der Waals surface area contributed by atoms with Crippen LogP contribution in [0.3, 0.4) is 0 Å². The van der Waals surface area contributed by atoms with Crippen LogP contribution in [0.5, 0.6) is 0 Å². The van der Waals surface area contributed by atoms with Crippen LogP contribution < -0.4 is 10.0 Å². The molecule has 2 fully saturated rings. The van der Waals surface area contributed by atoms with Crippen molar-refractivity contribution >= 4 is 16.2 Å². The number of hydrogen-bond donors (Lipinski definition) is 2. The first-order valence-corrected chi connectivity index (χ1v) is 8.03. The molecule has 110 valence electrons. The lowest BCUT2D eigenvalue weighted by molar-refractivity contribution is -0.146. The number of nitrogens with zero attached hydrogens (tertiary/aromatic N) is 1. The van der Waals surface area contributed by atoms with Crippen molar-refractivity contribution in [3.63, 3.8) is 0 Å². The van der Waals surface area contributed by atoms with E-state index in [1.54, 1.807) is 0 Å². The average molecular weight is 291 g/mol. The Kier molecular flexibility index (Phi) is 4.77. The maximum absolute atomic E-state index is 12.2. The highest BCUT2D eigenvalue weighted by Crippen LogP contribution is 2.20. The zero-order valence-corrected chi connectivity index (χ0v) is 11.9. The fourth-order valence-corrected chi connectivity index (χ4v) is 4.00. The van der Waals surface area contributed by atoms with Crippen molar-refractivity contribution in [2.45, 2.75) is 25.3 Å². The fraction of sp³-hybridized carbons (Fsp3) is 0.909. The van der Waals surface area contributed by atoms with Gasteiger partial charge in [0.05, 0.1) is 13.0 Å². The van der Waals surface area contributed by atoms with Crippen LogP contribution in [-0.4, -0.2) is 58.0 Å². The minimum Gasteiger partial charge on any atom is -0.469 e. The van der Waals surface area contributed by atoms with Gasteiger partial charge in [0, 0.05) is 25.7 Å². The number of piperidine rings is 1. The van der Waals surface area contributed by atoms with E-state index in [1.807, 2.05) is 0 Å². The molecule has 1 atom stereocenters. The van der Waals surface area contributed by atoms with Crippen molar-refractivity contribution in [2.24, 2.45) is 5.92 Å². The van der Waals surface area contributed by atoms with E-state index in [0.29, 0.717) is 32.5 Å². The third-order valence-electron chi connectivity index (χ3n) is 3.70. The van der Waals surface area contributed by atoms with Crippen LogP contribution in [0.25, 0.3) is 0 Å². The minimum absolute atomic E-state index is 0.0247. The fourth-order valence-electron chi connectivity index (χ4n) is 2.54. The summed E-state index contributed by atoms with van der Waals surface area (Å²) in [5, 5.41) is 3.12. The van der Waals surface area contributed by atoms with Gasteiger partial charge in [-0.15, -0.1) is 0 Å². The van der Waals surface area contributed by atoms with E-state index >= 15 is 0 Å². The van der Waals surface area contributed by atoms with Gasteiger partial charge in [-0.2, -0.15) is 17.4 Å². The molecular formula is C11H21N3O4S. The molecule has 19 heavy (non-hydrogen) atoms. The Balaban J connectivity index is 1.87. The molecule has 2 rings (SSSR count). The molecule has 2 aliphatic rings. The van der Waals surface area contributed by atoms with E-state index in [1.165, 1.54) is 11.4 Å². The molecule has 2 heterocycles. The summed E-state index contributed by atoms with van der Waals surface area (Å²) in [4.78, 5) is 11.4. The number of carbonyl (C=O) groups excluding carboxylic acids is 1. The Morgan fingerprint density at radius 3 is 2.53 bits per heavy atom. The van der Waals surface area contributed by atoms with Gasteiger partial charge in [0.15, 0.2) is 0 Å². The number of carbonyl (C=O) groups is 1. The number of esters is 1. The van der Waals surface area contributed by atoms with Crippen molar-refractivity contribution in [2.75, 3.05) is 33.3 Å². The third-order valence-corrected chi connectivity index (χ3v) is 5.38. The van der Waals surface area contributed by atoms with Crippen LogP contribution in [0.2, 0.25) is 0 Å². The van der Waals surface area contributed by atoms with E-state index in [4.69, 9.17) is 0 Å². The molecule has 0 aliphatic carbocycles. The van der Waals surface area contributed by atoms with Gasteiger partial charge in [0.1, 0.15) is 0 Å². The van der Waals surface area contributed by atoms with Crippen LogP contribution in [0.1, 0.15) is 19.3 Å². The van der Waals surface area contributed by atoms with Crippen molar-refractivity contribution < 1.29 is 17.9 Å². The topological polar surface area (TPSA) is 87.7 Å². The molecule has 0 bridgehead atoms. The molecule has 0 saturated carbocycles. The molecular weight excluding hydrogens is 270 g/mol. The zero-order valence-electron chi connectivity index (χ0n) is 11.1. The van der Waals surface area contributed by atoms with E-state index in [9.17, 15) is 13.2 Å². The van der Waals surface area contributed by atoms with Crippen molar-refractivity contribution in [1.82, 2.24) is 14.3 Å². The lowest BCUT2D eigenvalue weighted by atomic mass is 9.99. The third kappa shape index (κ3) is 3.65. The van der Waals surface area contributed by atoms with Gasteiger partial charge in [-0.1, -0.05) is 0 Å². The highest BCUT2D eigenvalue weighted by Gasteiger charge is 2.33. The van der Waals surface area contributed by atoms with Gasteiger partial charge in [-0.25, -0.2) is 0 Å². The highest BCUT2D eigenvalue weighted by molar-refractivity contribution is 7.87. The summed E-state index contributed by atoms with van der Waals surface area (Å²) >= 11 is 0.